The van der Waals surface area contributed by atoms with Gasteiger partial charge in [0.05, 0.1) is 7.11 Å². The minimum Gasteiger partial charge on any atom is -0.496 e. The van der Waals surface area contributed by atoms with Crippen molar-refractivity contribution in [3.63, 3.8) is 0 Å². The molecule has 0 spiro atoms. The lowest BCUT2D eigenvalue weighted by Gasteiger charge is -2.11. The highest BCUT2D eigenvalue weighted by Gasteiger charge is 2.04. The molecule has 2 aromatic carbocycles. The zero-order chi connectivity index (χ0) is 13.7. The standard InChI is InChI=1S/C15H16BrNO2/c1-17-13-4-6-14(7-5-13)19-10-11-9-12(16)3-8-15(11)18-2/h3-9,17H,10H2,1-2H3. The van der Waals surface area contributed by atoms with Crippen LogP contribution >= 0.6 is 15.9 Å². The van der Waals surface area contributed by atoms with Gasteiger partial charge in [0.2, 0.25) is 0 Å². The maximum Gasteiger partial charge on any atom is 0.125 e. The second-order valence-electron chi connectivity index (χ2n) is 4.02. The van der Waals surface area contributed by atoms with Gasteiger partial charge >= 0.3 is 0 Å². The van der Waals surface area contributed by atoms with Gasteiger partial charge in [-0.05, 0) is 42.5 Å². The number of hydrogen-bond donors (Lipinski definition) is 1. The van der Waals surface area contributed by atoms with Gasteiger partial charge < -0.3 is 14.8 Å². The molecule has 0 heterocycles. The first-order valence-electron chi connectivity index (χ1n) is 5.96. The van der Waals surface area contributed by atoms with E-state index < -0.39 is 0 Å². The number of halogens is 1. The van der Waals surface area contributed by atoms with E-state index in [1.54, 1.807) is 7.11 Å². The number of ether oxygens (including phenoxy) is 2. The lowest BCUT2D eigenvalue weighted by molar-refractivity contribution is 0.296. The second-order valence-corrected chi connectivity index (χ2v) is 4.93. The van der Waals surface area contributed by atoms with Gasteiger partial charge in [-0.15, -0.1) is 0 Å². The Balaban J connectivity index is 2.07. The molecule has 3 nitrogen and oxygen atoms in total. The van der Waals surface area contributed by atoms with Crippen LogP contribution in [-0.2, 0) is 6.61 Å². The van der Waals surface area contributed by atoms with Gasteiger partial charge in [0.1, 0.15) is 18.1 Å². The molecule has 100 valence electrons. The molecular weight excluding hydrogens is 306 g/mol. The van der Waals surface area contributed by atoms with Crippen molar-refractivity contribution in [2.75, 3.05) is 19.5 Å². The molecule has 0 aliphatic carbocycles. The Morgan fingerprint density at radius 2 is 1.84 bits per heavy atom. The molecule has 0 aliphatic heterocycles. The van der Waals surface area contributed by atoms with E-state index >= 15 is 0 Å². The van der Waals surface area contributed by atoms with Crippen LogP contribution in [0.2, 0.25) is 0 Å². The van der Waals surface area contributed by atoms with Crippen LogP contribution < -0.4 is 14.8 Å². The number of nitrogens with one attached hydrogen (secondary N) is 1. The molecule has 0 radical (unpaired) electrons. The molecule has 0 saturated carbocycles. The van der Waals surface area contributed by atoms with Crippen LogP contribution in [0.3, 0.4) is 0 Å². The molecule has 1 N–H and O–H groups in total. The molecule has 0 saturated heterocycles. The van der Waals surface area contributed by atoms with Crippen LogP contribution in [0.25, 0.3) is 0 Å². The van der Waals surface area contributed by atoms with Crippen LogP contribution in [0.15, 0.2) is 46.9 Å². The summed E-state index contributed by atoms with van der Waals surface area (Å²) in [6.07, 6.45) is 0. The van der Waals surface area contributed by atoms with Gasteiger partial charge in [0, 0.05) is 22.8 Å². The minimum atomic E-state index is 0.474. The van der Waals surface area contributed by atoms with E-state index in [-0.39, 0.29) is 0 Å². The quantitative estimate of drug-likeness (QED) is 0.900. The highest BCUT2D eigenvalue weighted by atomic mass is 79.9. The van der Waals surface area contributed by atoms with Gasteiger partial charge in [0.25, 0.3) is 0 Å². The maximum absolute atomic E-state index is 5.76. The van der Waals surface area contributed by atoms with Crippen LogP contribution in [0.1, 0.15) is 5.56 Å². The Labute approximate surface area is 121 Å². The number of anilines is 1. The minimum absolute atomic E-state index is 0.474. The number of methoxy groups -OCH3 is 1. The lowest BCUT2D eigenvalue weighted by Crippen LogP contribution is -1.99. The van der Waals surface area contributed by atoms with Crippen molar-refractivity contribution in [2.24, 2.45) is 0 Å². The first kappa shape index (κ1) is 13.7. The summed E-state index contributed by atoms with van der Waals surface area (Å²) < 4.78 is 12.1. The average Bonchev–Trinajstić information content (AvgIpc) is 2.46. The zero-order valence-corrected chi connectivity index (χ0v) is 12.5. The molecule has 0 aromatic heterocycles. The predicted molar refractivity (Wildman–Crippen MR) is 81.0 cm³/mol. The summed E-state index contributed by atoms with van der Waals surface area (Å²) in [5.74, 6) is 1.66. The average molecular weight is 322 g/mol. The lowest BCUT2D eigenvalue weighted by atomic mass is 10.2. The van der Waals surface area contributed by atoms with E-state index in [0.29, 0.717) is 6.61 Å². The summed E-state index contributed by atoms with van der Waals surface area (Å²) in [5, 5.41) is 3.07. The van der Waals surface area contributed by atoms with Crippen molar-refractivity contribution in [2.45, 2.75) is 6.61 Å². The fraction of sp³-hybridized carbons (Fsp3) is 0.200. The largest absolute Gasteiger partial charge is 0.496 e. The highest BCUT2D eigenvalue weighted by Crippen LogP contribution is 2.25. The number of hydrogen-bond acceptors (Lipinski definition) is 3. The van der Waals surface area contributed by atoms with Crippen molar-refractivity contribution in [1.29, 1.82) is 0 Å². The third-order valence-electron chi connectivity index (χ3n) is 2.78. The summed E-state index contributed by atoms with van der Waals surface area (Å²) in [5.41, 5.74) is 2.07. The Morgan fingerprint density at radius 3 is 2.47 bits per heavy atom. The van der Waals surface area contributed by atoms with E-state index in [1.165, 1.54) is 0 Å². The summed E-state index contributed by atoms with van der Waals surface area (Å²) in [6.45, 7) is 0.474. The molecule has 2 aromatic rings. The molecule has 0 aliphatic rings. The maximum atomic E-state index is 5.76. The summed E-state index contributed by atoms with van der Waals surface area (Å²) >= 11 is 3.45. The number of benzene rings is 2. The van der Waals surface area contributed by atoms with E-state index in [1.807, 2.05) is 49.5 Å². The Hall–Kier alpha value is -1.68. The molecular formula is C15H16BrNO2. The van der Waals surface area contributed by atoms with Crippen molar-refractivity contribution in [3.05, 3.63) is 52.5 Å². The van der Waals surface area contributed by atoms with Gasteiger partial charge in [-0.3, -0.25) is 0 Å². The summed E-state index contributed by atoms with van der Waals surface area (Å²) in [7, 11) is 3.55. The summed E-state index contributed by atoms with van der Waals surface area (Å²) in [4.78, 5) is 0. The van der Waals surface area contributed by atoms with Gasteiger partial charge in [-0.1, -0.05) is 15.9 Å². The van der Waals surface area contributed by atoms with Crippen molar-refractivity contribution < 1.29 is 9.47 Å². The van der Waals surface area contributed by atoms with Gasteiger partial charge in [-0.25, -0.2) is 0 Å². The molecule has 2 rings (SSSR count). The Kier molecular flexibility index (Phi) is 4.68. The zero-order valence-electron chi connectivity index (χ0n) is 10.9. The van der Waals surface area contributed by atoms with Crippen molar-refractivity contribution in [3.8, 4) is 11.5 Å². The smallest absolute Gasteiger partial charge is 0.125 e. The van der Waals surface area contributed by atoms with Gasteiger partial charge in [0.15, 0.2) is 0 Å². The Morgan fingerprint density at radius 1 is 1.11 bits per heavy atom. The van der Waals surface area contributed by atoms with Crippen molar-refractivity contribution >= 4 is 21.6 Å². The predicted octanol–water partition coefficient (Wildman–Crippen LogP) is 4.08. The SMILES string of the molecule is CNc1ccc(OCc2cc(Br)ccc2OC)cc1. The second kappa shape index (κ2) is 6.48. The van der Waals surface area contributed by atoms with Crippen LogP contribution in [0.5, 0.6) is 11.5 Å². The first-order valence-corrected chi connectivity index (χ1v) is 6.75. The van der Waals surface area contributed by atoms with E-state index in [2.05, 4.69) is 21.2 Å². The summed E-state index contributed by atoms with van der Waals surface area (Å²) in [6, 6.07) is 13.7. The molecule has 0 atom stereocenters. The molecule has 0 unspecified atom stereocenters. The first-order chi connectivity index (χ1) is 9.22. The monoisotopic (exact) mass is 321 g/mol. The van der Waals surface area contributed by atoms with Crippen molar-refractivity contribution in [1.82, 2.24) is 0 Å². The van der Waals surface area contributed by atoms with Crippen LogP contribution in [0, 0.1) is 0 Å². The molecule has 0 fully saturated rings. The topological polar surface area (TPSA) is 30.5 Å². The normalized spacial score (nSPS) is 10.1. The molecule has 0 bridgehead atoms. The molecule has 19 heavy (non-hydrogen) atoms. The number of rotatable bonds is 5. The van der Waals surface area contributed by atoms with Gasteiger partial charge in [-0.2, -0.15) is 0 Å². The fourth-order valence-corrected chi connectivity index (χ4v) is 2.15. The fourth-order valence-electron chi connectivity index (χ4n) is 1.74. The Bertz CT molecular complexity index is 540. The highest BCUT2D eigenvalue weighted by molar-refractivity contribution is 9.10. The third-order valence-corrected chi connectivity index (χ3v) is 3.27. The third kappa shape index (κ3) is 3.64. The van der Waals surface area contributed by atoms with E-state index in [0.717, 1.165) is 27.2 Å². The van der Waals surface area contributed by atoms with Crippen LogP contribution in [-0.4, -0.2) is 14.2 Å². The van der Waals surface area contributed by atoms with E-state index in [4.69, 9.17) is 9.47 Å². The van der Waals surface area contributed by atoms with E-state index in [9.17, 15) is 0 Å². The molecule has 4 heteroatoms. The van der Waals surface area contributed by atoms with Crippen LogP contribution in [0.4, 0.5) is 5.69 Å². The molecule has 0 amide bonds.